The average molecular weight is 256 g/mol. The van der Waals surface area contributed by atoms with Crippen LogP contribution < -0.4 is 0 Å². The predicted octanol–water partition coefficient (Wildman–Crippen LogP) is 2.47. The Bertz CT molecular complexity index is 323. The molecule has 76 valence electrons. The number of hydrogen-bond donors (Lipinski definition) is 0. The first-order chi connectivity index (χ1) is 6.61. The molecule has 14 heavy (non-hydrogen) atoms. The molecule has 0 aliphatic heterocycles. The highest BCUT2D eigenvalue weighted by molar-refractivity contribution is 9.10. The molecule has 1 aromatic carbocycles. The van der Waals surface area contributed by atoms with E-state index in [0.29, 0.717) is 6.42 Å². The van der Waals surface area contributed by atoms with Gasteiger partial charge in [-0.2, -0.15) is 0 Å². The first-order valence-electron chi connectivity index (χ1n) is 4.55. The fraction of sp³-hybridized carbons (Fsp3) is 0.364. The zero-order valence-corrected chi connectivity index (χ0v) is 10.0. The van der Waals surface area contributed by atoms with E-state index in [2.05, 4.69) is 15.9 Å². The fourth-order valence-electron chi connectivity index (χ4n) is 1.17. The fourth-order valence-corrected chi connectivity index (χ4v) is 1.65. The van der Waals surface area contributed by atoms with Crippen molar-refractivity contribution in [3.8, 4) is 0 Å². The van der Waals surface area contributed by atoms with Crippen LogP contribution in [0.25, 0.3) is 0 Å². The maximum Gasteiger partial charge on any atom is 0.222 e. The molecule has 2 nitrogen and oxygen atoms in total. The third kappa shape index (κ3) is 3.14. The summed E-state index contributed by atoms with van der Waals surface area (Å²) in [5, 5.41) is 0. The van der Waals surface area contributed by atoms with Gasteiger partial charge in [-0.3, -0.25) is 4.79 Å². The summed E-state index contributed by atoms with van der Waals surface area (Å²) in [6, 6.07) is 7.99. The van der Waals surface area contributed by atoms with Crippen molar-refractivity contribution >= 4 is 21.8 Å². The van der Waals surface area contributed by atoms with E-state index in [1.165, 1.54) is 5.56 Å². The van der Waals surface area contributed by atoms with Crippen LogP contribution in [-0.2, 0) is 11.2 Å². The molecule has 0 atom stereocenters. The minimum atomic E-state index is 0.167. The second kappa shape index (κ2) is 5.15. The largest absolute Gasteiger partial charge is 0.349 e. The molecule has 0 saturated heterocycles. The molecule has 0 heterocycles. The summed E-state index contributed by atoms with van der Waals surface area (Å²) in [4.78, 5) is 13.0. The summed E-state index contributed by atoms with van der Waals surface area (Å²) in [6.45, 7) is 0. The molecular weight excluding hydrogens is 242 g/mol. The topological polar surface area (TPSA) is 20.3 Å². The normalized spacial score (nSPS) is 9.93. The van der Waals surface area contributed by atoms with E-state index in [1.54, 1.807) is 19.0 Å². The van der Waals surface area contributed by atoms with Crippen LogP contribution in [0.2, 0.25) is 0 Å². The molecule has 0 aromatic heterocycles. The molecule has 1 amide bonds. The van der Waals surface area contributed by atoms with Gasteiger partial charge in [0.1, 0.15) is 0 Å². The first kappa shape index (κ1) is 11.2. The third-order valence-corrected chi connectivity index (χ3v) is 2.84. The second-order valence-electron chi connectivity index (χ2n) is 3.38. The van der Waals surface area contributed by atoms with E-state index in [4.69, 9.17) is 0 Å². The Kier molecular flexibility index (Phi) is 4.14. The summed E-state index contributed by atoms with van der Waals surface area (Å²) in [6.07, 6.45) is 1.36. The van der Waals surface area contributed by atoms with Crippen LogP contribution in [0.5, 0.6) is 0 Å². The number of carbonyl (C=O) groups excluding carboxylic acids is 1. The molecular formula is C11H14BrNO. The lowest BCUT2D eigenvalue weighted by Gasteiger charge is -2.10. The van der Waals surface area contributed by atoms with E-state index in [9.17, 15) is 4.79 Å². The Morgan fingerprint density at radius 1 is 1.36 bits per heavy atom. The van der Waals surface area contributed by atoms with Gasteiger partial charge in [0.25, 0.3) is 0 Å². The van der Waals surface area contributed by atoms with Gasteiger partial charge in [0.05, 0.1) is 0 Å². The third-order valence-electron chi connectivity index (χ3n) is 2.06. The van der Waals surface area contributed by atoms with Crippen molar-refractivity contribution in [2.75, 3.05) is 14.1 Å². The zero-order chi connectivity index (χ0) is 10.6. The van der Waals surface area contributed by atoms with Gasteiger partial charge < -0.3 is 4.90 Å². The van der Waals surface area contributed by atoms with E-state index in [1.807, 2.05) is 24.3 Å². The molecule has 0 saturated carbocycles. The van der Waals surface area contributed by atoms with Gasteiger partial charge in [-0.05, 0) is 18.1 Å². The molecule has 0 N–H and O–H groups in total. The van der Waals surface area contributed by atoms with Crippen molar-refractivity contribution in [2.45, 2.75) is 12.8 Å². The number of halogens is 1. The maximum absolute atomic E-state index is 11.3. The molecule has 0 bridgehead atoms. The number of amides is 1. The van der Waals surface area contributed by atoms with E-state index >= 15 is 0 Å². The molecule has 3 heteroatoms. The number of rotatable bonds is 3. The summed E-state index contributed by atoms with van der Waals surface area (Å²) in [5.74, 6) is 0.167. The van der Waals surface area contributed by atoms with Gasteiger partial charge in [-0.1, -0.05) is 34.1 Å². The van der Waals surface area contributed by atoms with Crippen molar-refractivity contribution in [1.29, 1.82) is 0 Å². The second-order valence-corrected chi connectivity index (χ2v) is 4.23. The zero-order valence-electron chi connectivity index (χ0n) is 8.46. The highest BCUT2D eigenvalue weighted by Gasteiger charge is 2.05. The maximum atomic E-state index is 11.3. The minimum absolute atomic E-state index is 0.167. The number of benzene rings is 1. The van der Waals surface area contributed by atoms with Crippen LogP contribution in [-0.4, -0.2) is 24.9 Å². The van der Waals surface area contributed by atoms with Crippen molar-refractivity contribution in [3.63, 3.8) is 0 Å². The van der Waals surface area contributed by atoms with Gasteiger partial charge in [-0.15, -0.1) is 0 Å². The van der Waals surface area contributed by atoms with Gasteiger partial charge in [-0.25, -0.2) is 0 Å². The van der Waals surface area contributed by atoms with Gasteiger partial charge in [0.15, 0.2) is 0 Å². The van der Waals surface area contributed by atoms with Crippen LogP contribution in [0, 0.1) is 0 Å². The van der Waals surface area contributed by atoms with E-state index < -0.39 is 0 Å². The molecule has 0 unspecified atom stereocenters. The number of nitrogens with zero attached hydrogens (tertiary/aromatic N) is 1. The van der Waals surface area contributed by atoms with Crippen molar-refractivity contribution < 1.29 is 4.79 Å². The average Bonchev–Trinajstić information content (AvgIpc) is 2.16. The Hall–Kier alpha value is -0.830. The molecule has 0 fully saturated rings. The van der Waals surface area contributed by atoms with Crippen LogP contribution in [0.4, 0.5) is 0 Å². The SMILES string of the molecule is CN(C)C(=O)CCc1ccccc1Br. The Morgan fingerprint density at radius 3 is 2.57 bits per heavy atom. The smallest absolute Gasteiger partial charge is 0.222 e. The summed E-state index contributed by atoms with van der Waals surface area (Å²) >= 11 is 3.46. The highest BCUT2D eigenvalue weighted by Crippen LogP contribution is 2.17. The molecule has 0 aliphatic rings. The highest BCUT2D eigenvalue weighted by atomic mass is 79.9. The van der Waals surface area contributed by atoms with Gasteiger partial charge in [0, 0.05) is 25.0 Å². The summed E-state index contributed by atoms with van der Waals surface area (Å²) in [5.41, 5.74) is 1.18. The molecule has 0 radical (unpaired) electrons. The van der Waals surface area contributed by atoms with Crippen LogP contribution >= 0.6 is 15.9 Å². The number of hydrogen-bond acceptors (Lipinski definition) is 1. The monoisotopic (exact) mass is 255 g/mol. The quantitative estimate of drug-likeness (QED) is 0.813. The van der Waals surface area contributed by atoms with Crippen molar-refractivity contribution in [3.05, 3.63) is 34.3 Å². The van der Waals surface area contributed by atoms with Crippen molar-refractivity contribution in [1.82, 2.24) is 4.90 Å². The minimum Gasteiger partial charge on any atom is -0.349 e. The lowest BCUT2D eigenvalue weighted by Crippen LogP contribution is -2.21. The molecule has 0 aliphatic carbocycles. The lowest BCUT2D eigenvalue weighted by atomic mass is 10.1. The molecule has 0 spiro atoms. The van der Waals surface area contributed by atoms with Gasteiger partial charge in [0.2, 0.25) is 5.91 Å². The Labute approximate surface area is 93.0 Å². The molecule has 1 rings (SSSR count). The van der Waals surface area contributed by atoms with Crippen LogP contribution in [0.15, 0.2) is 28.7 Å². The standard InChI is InChI=1S/C11H14BrNO/c1-13(2)11(14)8-7-9-5-3-4-6-10(9)12/h3-6H,7-8H2,1-2H3. The van der Waals surface area contributed by atoms with Gasteiger partial charge >= 0.3 is 0 Å². The predicted molar refractivity (Wildman–Crippen MR) is 61.2 cm³/mol. The number of carbonyl (C=O) groups is 1. The van der Waals surface area contributed by atoms with E-state index in [0.717, 1.165) is 10.9 Å². The van der Waals surface area contributed by atoms with Crippen LogP contribution in [0.1, 0.15) is 12.0 Å². The van der Waals surface area contributed by atoms with Crippen LogP contribution in [0.3, 0.4) is 0 Å². The van der Waals surface area contributed by atoms with Crippen molar-refractivity contribution in [2.24, 2.45) is 0 Å². The summed E-state index contributed by atoms with van der Waals surface area (Å²) < 4.78 is 1.08. The Morgan fingerprint density at radius 2 is 2.00 bits per heavy atom. The first-order valence-corrected chi connectivity index (χ1v) is 5.34. The lowest BCUT2D eigenvalue weighted by molar-refractivity contribution is -0.128. The number of aryl methyl sites for hydroxylation is 1. The Balaban J connectivity index is 2.54. The summed E-state index contributed by atoms with van der Waals surface area (Å²) in [7, 11) is 3.56. The molecule has 1 aromatic rings. The van der Waals surface area contributed by atoms with E-state index in [-0.39, 0.29) is 5.91 Å².